The maximum Gasteiger partial charge on any atom is 0.251 e. The summed E-state index contributed by atoms with van der Waals surface area (Å²) in [4.78, 5) is 50.0. The maximum atomic E-state index is 15.3. The fourth-order valence-corrected chi connectivity index (χ4v) is 12.0. The molecule has 6 rings (SSSR count). The molecule has 3 aliphatic heterocycles. The topological polar surface area (TPSA) is 90.4 Å². The Balaban J connectivity index is 1.49. The number of ether oxygens (including phenoxy) is 1. The minimum atomic E-state index is -1.01. The lowest BCUT2D eigenvalue weighted by Crippen LogP contribution is -2.57. The molecule has 3 aromatic carbocycles. The second-order valence-corrected chi connectivity index (χ2v) is 15.9. The van der Waals surface area contributed by atoms with Crippen molar-refractivity contribution in [3.8, 4) is 5.75 Å². The van der Waals surface area contributed by atoms with Crippen molar-refractivity contribution >= 4 is 68.4 Å². The van der Waals surface area contributed by atoms with Crippen LogP contribution in [-0.4, -0.2) is 74.9 Å². The first kappa shape index (κ1) is 36.2. The highest BCUT2D eigenvalue weighted by Crippen LogP contribution is 2.69. The number of rotatable bonds is 13. The number of carbonyl (C=O) groups is 3. The zero-order valence-electron chi connectivity index (χ0n) is 28.1. The third-order valence-electron chi connectivity index (χ3n) is 10.0. The van der Waals surface area contributed by atoms with Gasteiger partial charge in [0.1, 0.15) is 11.8 Å². The highest BCUT2D eigenvalue weighted by atomic mass is 79.9. The molecule has 7 atom stereocenters. The lowest BCUT2D eigenvalue weighted by molar-refractivity contribution is -0.142. The van der Waals surface area contributed by atoms with Gasteiger partial charge in [-0.1, -0.05) is 82.1 Å². The van der Waals surface area contributed by atoms with Crippen molar-refractivity contribution in [1.29, 1.82) is 0 Å². The van der Waals surface area contributed by atoms with E-state index >= 15 is 9.59 Å². The number of aryl methyl sites for hydroxylation is 1. The van der Waals surface area contributed by atoms with Gasteiger partial charge in [0.2, 0.25) is 11.8 Å². The van der Waals surface area contributed by atoms with Crippen LogP contribution in [0.4, 0.5) is 11.4 Å². The summed E-state index contributed by atoms with van der Waals surface area (Å²) in [6.07, 6.45) is 3.79. The van der Waals surface area contributed by atoms with Gasteiger partial charge in [0.05, 0.1) is 46.5 Å². The molecule has 1 N–H and O–H groups in total. The van der Waals surface area contributed by atoms with Crippen LogP contribution < -0.4 is 14.5 Å². The molecule has 8 nitrogen and oxygen atoms in total. The van der Waals surface area contributed by atoms with E-state index in [-0.39, 0.29) is 40.9 Å². The van der Waals surface area contributed by atoms with Crippen LogP contribution in [0.3, 0.4) is 0 Å². The zero-order valence-corrected chi connectivity index (χ0v) is 31.2. The number of aliphatic hydroxyl groups is 1. The quantitative estimate of drug-likeness (QED) is 0.149. The van der Waals surface area contributed by atoms with Crippen molar-refractivity contribution in [1.82, 2.24) is 4.90 Å². The van der Waals surface area contributed by atoms with E-state index < -0.39 is 35.3 Å². The minimum absolute atomic E-state index is 0.147. The average Bonchev–Trinajstić information content (AvgIpc) is 3.71. The molecule has 3 fully saturated rings. The molecule has 3 unspecified atom stereocenters. The number of para-hydroxylation sites is 1. The number of nitrogens with zero attached hydrogens (tertiary/aromatic N) is 3. The Bertz CT molecular complexity index is 1760. The highest BCUT2D eigenvalue weighted by Gasteiger charge is 2.76. The molecule has 0 aromatic heterocycles. The van der Waals surface area contributed by atoms with Gasteiger partial charge in [-0.3, -0.25) is 14.4 Å². The molecule has 50 heavy (non-hydrogen) atoms. The summed E-state index contributed by atoms with van der Waals surface area (Å²) in [5.74, 6) is -1.75. The second-order valence-electron chi connectivity index (χ2n) is 12.8. The van der Waals surface area contributed by atoms with E-state index in [9.17, 15) is 9.90 Å². The van der Waals surface area contributed by atoms with Crippen molar-refractivity contribution in [2.45, 2.75) is 47.2 Å². The molecule has 3 amide bonds. The van der Waals surface area contributed by atoms with Gasteiger partial charge >= 0.3 is 0 Å². The minimum Gasteiger partial charge on any atom is -0.494 e. The van der Waals surface area contributed by atoms with E-state index in [4.69, 9.17) is 16.3 Å². The molecule has 0 saturated carbocycles. The Hall–Kier alpha value is -3.57. The van der Waals surface area contributed by atoms with Crippen molar-refractivity contribution in [2.24, 2.45) is 11.8 Å². The average molecular weight is 779 g/mol. The monoisotopic (exact) mass is 777 g/mol. The van der Waals surface area contributed by atoms with Gasteiger partial charge in [-0.25, -0.2) is 0 Å². The van der Waals surface area contributed by atoms with Gasteiger partial charge in [-0.05, 0) is 61.7 Å². The summed E-state index contributed by atoms with van der Waals surface area (Å²) >= 11 is 12.2. The van der Waals surface area contributed by atoms with Crippen molar-refractivity contribution < 1.29 is 24.2 Å². The Kier molecular flexibility index (Phi) is 10.8. The largest absolute Gasteiger partial charge is 0.494 e. The van der Waals surface area contributed by atoms with E-state index in [0.717, 1.165) is 5.56 Å². The number of benzene rings is 3. The molecule has 262 valence electrons. The summed E-state index contributed by atoms with van der Waals surface area (Å²) in [6, 6.07) is 20.2. The van der Waals surface area contributed by atoms with E-state index in [1.807, 2.05) is 80.6 Å². The predicted octanol–water partition coefficient (Wildman–Crippen LogP) is 6.98. The number of likely N-dealkylation sites (tertiary alicyclic amines) is 1. The van der Waals surface area contributed by atoms with Crippen LogP contribution >= 0.6 is 39.3 Å². The number of fused-ring (bicyclic) bond motifs is 1. The van der Waals surface area contributed by atoms with Gasteiger partial charge in [0.25, 0.3) is 5.91 Å². The van der Waals surface area contributed by atoms with Crippen molar-refractivity contribution in [3.05, 3.63) is 114 Å². The van der Waals surface area contributed by atoms with Gasteiger partial charge in [-0.2, -0.15) is 0 Å². The third kappa shape index (κ3) is 6.08. The van der Waals surface area contributed by atoms with Gasteiger partial charge in [-0.15, -0.1) is 24.9 Å². The van der Waals surface area contributed by atoms with E-state index in [1.54, 1.807) is 44.7 Å². The Morgan fingerprint density at radius 2 is 1.74 bits per heavy atom. The molecular formula is C39H41BrClN3O5S. The van der Waals surface area contributed by atoms with Crippen LogP contribution in [0.15, 0.2) is 98.1 Å². The lowest BCUT2D eigenvalue weighted by Gasteiger charge is -2.40. The maximum absolute atomic E-state index is 15.3. The number of hydrogen-bond acceptors (Lipinski definition) is 6. The third-order valence-corrected chi connectivity index (χ3v) is 13.5. The number of anilines is 2. The van der Waals surface area contributed by atoms with E-state index in [2.05, 4.69) is 29.1 Å². The van der Waals surface area contributed by atoms with Crippen LogP contribution in [0.2, 0.25) is 5.02 Å². The van der Waals surface area contributed by atoms with Gasteiger partial charge in [0.15, 0.2) is 0 Å². The fourth-order valence-electron chi connectivity index (χ4n) is 8.05. The molecule has 3 aliphatic rings. The molecule has 0 aliphatic carbocycles. The first-order valence-corrected chi connectivity index (χ1v) is 18.9. The number of aliphatic hydroxyl groups excluding tert-OH is 1. The molecule has 3 saturated heterocycles. The summed E-state index contributed by atoms with van der Waals surface area (Å²) in [6.45, 7) is 12.1. The molecule has 1 spiro atoms. The highest BCUT2D eigenvalue weighted by molar-refractivity contribution is 9.09. The number of amides is 3. The van der Waals surface area contributed by atoms with E-state index in [1.165, 1.54) is 0 Å². The van der Waals surface area contributed by atoms with Crippen LogP contribution in [0.25, 0.3) is 0 Å². The van der Waals surface area contributed by atoms with E-state index in [0.29, 0.717) is 40.7 Å². The smallest absolute Gasteiger partial charge is 0.251 e. The fraction of sp³-hybridized carbons (Fsp3) is 0.359. The molecular weight excluding hydrogens is 738 g/mol. The molecule has 3 heterocycles. The van der Waals surface area contributed by atoms with Crippen molar-refractivity contribution in [2.75, 3.05) is 36.1 Å². The van der Waals surface area contributed by atoms with Crippen molar-refractivity contribution in [3.63, 3.8) is 0 Å². The van der Waals surface area contributed by atoms with Crippen LogP contribution in [-0.2, 0) is 14.4 Å². The van der Waals surface area contributed by atoms with Gasteiger partial charge < -0.3 is 24.5 Å². The zero-order chi connectivity index (χ0) is 35.7. The molecule has 2 bridgehead atoms. The Labute approximate surface area is 311 Å². The summed E-state index contributed by atoms with van der Waals surface area (Å²) in [5.41, 5.74) is 2.69. The molecule has 0 radical (unpaired) electrons. The SMILES string of the molecule is C=CCN(C(=O)[C@H]1[C@@H]2SC3(CC2Br)C(C(=O)N(CC=C)c2c(C)cccc2Cl)N([C@H](CO)c2ccccc2)C(=O)[C@H]13)c1ccc(OCC)cc1. The molecule has 3 aromatic rings. The van der Waals surface area contributed by atoms with Crippen LogP contribution in [0.1, 0.15) is 30.5 Å². The first-order chi connectivity index (χ1) is 24.1. The number of carbonyl (C=O) groups excluding carboxylic acids is 3. The first-order valence-electron chi connectivity index (χ1n) is 16.8. The second kappa shape index (κ2) is 15.0. The van der Waals surface area contributed by atoms with Crippen LogP contribution in [0, 0.1) is 18.8 Å². The number of alkyl halides is 1. The number of halogens is 2. The normalized spacial score (nSPS) is 25.6. The van der Waals surface area contributed by atoms with Crippen LogP contribution in [0.5, 0.6) is 5.75 Å². The Morgan fingerprint density at radius 3 is 2.36 bits per heavy atom. The molecule has 11 heteroatoms. The predicted molar refractivity (Wildman–Crippen MR) is 204 cm³/mol. The standard InChI is InChI=1S/C39H41BrClN3O5S/c1-5-20-42(26-16-18-27(19-17-26)49-7-3)36(46)31-32-37(47)44(30(23-45)25-13-9-8-10-14-25)35(39(32)22-28(40)34(31)50-39)38(48)43(21-6-2)33-24(4)12-11-15-29(33)41/h5-6,8-19,28,30-32,34-35,45H,1-2,7,20-23H2,3-4H3/t28?,30-,31-,32+,34-,35?,39?/m1/s1. The summed E-state index contributed by atoms with van der Waals surface area (Å²) < 4.78 is 4.66. The lowest BCUT2D eigenvalue weighted by atomic mass is 9.70. The summed E-state index contributed by atoms with van der Waals surface area (Å²) in [7, 11) is 0. The summed E-state index contributed by atoms with van der Waals surface area (Å²) in [5, 5.41) is 11.1. The van der Waals surface area contributed by atoms with Gasteiger partial charge in [0, 0.05) is 28.9 Å². The Morgan fingerprint density at radius 1 is 1.06 bits per heavy atom. The number of thioether (sulfide) groups is 1. The number of hydrogen-bond donors (Lipinski definition) is 1.